The van der Waals surface area contributed by atoms with Gasteiger partial charge in [0.05, 0.1) is 0 Å². The van der Waals surface area contributed by atoms with Crippen molar-refractivity contribution in [2.75, 3.05) is 13.2 Å². The minimum atomic E-state index is 0.179. The highest BCUT2D eigenvalue weighted by molar-refractivity contribution is 5.77. The summed E-state index contributed by atoms with van der Waals surface area (Å²) >= 11 is 0. The molecule has 0 aromatic carbocycles. The Morgan fingerprint density at radius 3 is 2.71 bits per heavy atom. The van der Waals surface area contributed by atoms with Gasteiger partial charge in [0.25, 0.3) is 0 Å². The van der Waals surface area contributed by atoms with Gasteiger partial charge in [0, 0.05) is 25.6 Å². The second-order valence-electron chi connectivity index (χ2n) is 3.75. The normalized spacial score (nSPS) is 15.2. The number of aliphatic hydroxyl groups is 1. The van der Waals surface area contributed by atoms with Crippen LogP contribution in [0, 0.1) is 0 Å². The third-order valence-corrected chi connectivity index (χ3v) is 2.43. The van der Waals surface area contributed by atoms with Crippen molar-refractivity contribution < 1.29 is 9.90 Å². The Balaban J connectivity index is 2.26. The van der Waals surface area contributed by atoms with E-state index in [0.717, 1.165) is 25.7 Å². The van der Waals surface area contributed by atoms with E-state index in [1.54, 1.807) is 6.08 Å². The van der Waals surface area contributed by atoms with Gasteiger partial charge in [0.1, 0.15) is 0 Å². The van der Waals surface area contributed by atoms with Gasteiger partial charge in [-0.25, -0.2) is 0 Å². The van der Waals surface area contributed by atoms with Crippen molar-refractivity contribution in [1.29, 1.82) is 0 Å². The van der Waals surface area contributed by atoms with Gasteiger partial charge in [0.15, 0.2) is 0 Å². The van der Waals surface area contributed by atoms with Gasteiger partial charge in [-0.05, 0) is 25.7 Å². The van der Waals surface area contributed by atoms with Crippen LogP contribution in [-0.4, -0.2) is 35.1 Å². The maximum absolute atomic E-state index is 11.7. The second kappa shape index (κ2) is 5.81. The van der Waals surface area contributed by atoms with Crippen LogP contribution in [0.5, 0.6) is 0 Å². The number of aliphatic hydroxyl groups excluding tert-OH is 1. The van der Waals surface area contributed by atoms with E-state index in [4.69, 9.17) is 5.11 Å². The summed E-state index contributed by atoms with van der Waals surface area (Å²) in [5.41, 5.74) is 0. The molecule has 0 atom stereocenters. The van der Waals surface area contributed by atoms with Gasteiger partial charge in [-0.3, -0.25) is 4.79 Å². The van der Waals surface area contributed by atoms with E-state index < -0.39 is 0 Å². The number of carbonyl (C=O) groups excluding carboxylic acids is 1. The first kappa shape index (κ1) is 11.2. The molecule has 1 saturated carbocycles. The fourth-order valence-corrected chi connectivity index (χ4v) is 1.51. The monoisotopic (exact) mass is 197 g/mol. The van der Waals surface area contributed by atoms with Crippen LogP contribution in [0.4, 0.5) is 0 Å². The smallest absolute Gasteiger partial charge is 0.223 e. The molecule has 1 amide bonds. The molecule has 1 rings (SSSR count). The summed E-state index contributed by atoms with van der Waals surface area (Å²) in [6.45, 7) is 4.50. The number of carbonyl (C=O) groups is 1. The van der Waals surface area contributed by atoms with E-state index in [1.807, 2.05) is 4.90 Å². The first-order valence-electron chi connectivity index (χ1n) is 5.30. The fourth-order valence-electron chi connectivity index (χ4n) is 1.51. The maximum atomic E-state index is 11.7. The van der Waals surface area contributed by atoms with Crippen molar-refractivity contribution in [2.24, 2.45) is 0 Å². The minimum Gasteiger partial charge on any atom is -0.396 e. The quantitative estimate of drug-likeness (QED) is 0.494. The van der Waals surface area contributed by atoms with E-state index in [1.165, 1.54) is 0 Å². The Bertz CT molecular complexity index is 199. The van der Waals surface area contributed by atoms with Crippen molar-refractivity contribution >= 4 is 5.91 Å². The molecule has 0 bridgehead atoms. The number of unbranched alkanes of at least 4 members (excludes halogenated alkanes) is 1. The second-order valence-corrected chi connectivity index (χ2v) is 3.75. The van der Waals surface area contributed by atoms with Gasteiger partial charge in [0.2, 0.25) is 5.91 Å². The Morgan fingerprint density at radius 2 is 2.21 bits per heavy atom. The zero-order valence-electron chi connectivity index (χ0n) is 8.61. The number of rotatable bonds is 7. The largest absolute Gasteiger partial charge is 0.396 e. The molecule has 80 valence electrons. The highest BCUT2D eigenvalue weighted by Gasteiger charge is 2.30. The molecule has 0 aromatic rings. The zero-order chi connectivity index (χ0) is 10.4. The highest BCUT2D eigenvalue weighted by atomic mass is 16.3. The number of hydrogen-bond acceptors (Lipinski definition) is 2. The van der Waals surface area contributed by atoms with E-state index >= 15 is 0 Å². The lowest BCUT2D eigenvalue weighted by molar-refractivity contribution is -0.131. The zero-order valence-corrected chi connectivity index (χ0v) is 8.61. The van der Waals surface area contributed by atoms with Crippen LogP contribution in [0.2, 0.25) is 0 Å². The summed E-state index contributed by atoms with van der Waals surface area (Å²) in [6.07, 6.45) is 6.13. The summed E-state index contributed by atoms with van der Waals surface area (Å²) < 4.78 is 0. The van der Waals surface area contributed by atoms with Gasteiger partial charge in [-0.15, -0.1) is 6.58 Å². The van der Waals surface area contributed by atoms with E-state index in [0.29, 0.717) is 19.0 Å². The summed E-state index contributed by atoms with van der Waals surface area (Å²) in [4.78, 5) is 13.6. The molecule has 3 nitrogen and oxygen atoms in total. The molecular formula is C11H19NO2. The predicted octanol–water partition coefficient (Wildman–Crippen LogP) is 1.33. The average Bonchev–Trinajstić information content (AvgIpc) is 2.98. The molecule has 3 heteroatoms. The van der Waals surface area contributed by atoms with E-state index in [2.05, 4.69) is 6.58 Å². The summed E-state index contributed by atoms with van der Waals surface area (Å²) in [5, 5.41) is 8.60. The van der Waals surface area contributed by atoms with Crippen molar-refractivity contribution in [3.63, 3.8) is 0 Å². The van der Waals surface area contributed by atoms with Crippen LogP contribution in [-0.2, 0) is 4.79 Å². The van der Waals surface area contributed by atoms with E-state index in [9.17, 15) is 4.79 Å². The van der Waals surface area contributed by atoms with Gasteiger partial charge in [-0.2, -0.15) is 0 Å². The first-order chi connectivity index (χ1) is 6.79. The number of hydrogen-bond donors (Lipinski definition) is 1. The maximum Gasteiger partial charge on any atom is 0.223 e. The van der Waals surface area contributed by atoms with Gasteiger partial charge >= 0.3 is 0 Å². The van der Waals surface area contributed by atoms with Crippen molar-refractivity contribution in [3.8, 4) is 0 Å². The Morgan fingerprint density at radius 1 is 1.50 bits per heavy atom. The third-order valence-electron chi connectivity index (χ3n) is 2.43. The molecule has 0 unspecified atom stereocenters. The lowest BCUT2D eigenvalue weighted by Crippen LogP contribution is -2.32. The fraction of sp³-hybridized carbons (Fsp3) is 0.727. The molecule has 1 aliphatic rings. The van der Waals surface area contributed by atoms with Gasteiger partial charge in [-0.1, -0.05) is 6.08 Å². The summed E-state index contributed by atoms with van der Waals surface area (Å²) in [7, 11) is 0. The first-order valence-corrected chi connectivity index (χ1v) is 5.30. The van der Waals surface area contributed by atoms with Crippen molar-refractivity contribution in [3.05, 3.63) is 12.7 Å². The highest BCUT2D eigenvalue weighted by Crippen LogP contribution is 2.27. The van der Waals surface area contributed by atoms with Crippen LogP contribution in [0.15, 0.2) is 12.7 Å². The number of nitrogens with zero attached hydrogens (tertiary/aromatic N) is 1. The molecule has 0 saturated heterocycles. The minimum absolute atomic E-state index is 0.179. The number of amides is 1. The lowest BCUT2D eigenvalue weighted by atomic mass is 10.2. The van der Waals surface area contributed by atoms with E-state index in [-0.39, 0.29) is 12.5 Å². The van der Waals surface area contributed by atoms with Crippen molar-refractivity contribution in [1.82, 2.24) is 4.90 Å². The SMILES string of the molecule is C=CCN(C(=O)CCCCO)C1CC1. The standard InChI is InChI=1S/C11H19NO2/c1-2-8-12(10-6-7-10)11(14)5-3-4-9-13/h2,10,13H,1,3-9H2. The molecule has 0 aliphatic heterocycles. The van der Waals surface area contributed by atoms with Crippen LogP contribution in [0.1, 0.15) is 32.1 Å². The molecule has 14 heavy (non-hydrogen) atoms. The molecule has 0 heterocycles. The molecule has 1 N–H and O–H groups in total. The Hall–Kier alpha value is -0.830. The van der Waals surface area contributed by atoms with Crippen LogP contribution >= 0.6 is 0 Å². The van der Waals surface area contributed by atoms with Crippen LogP contribution < -0.4 is 0 Å². The summed E-state index contributed by atoms with van der Waals surface area (Å²) in [6, 6.07) is 0.467. The van der Waals surface area contributed by atoms with Gasteiger partial charge < -0.3 is 10.0 Å². The predicted molar refractivity (Wildman–Crippen MR) is 55.9 cm³/mol. The van der Waals surface area contributed by atoms with Crippen molar-refractivity contribution in [2.45, 2.75) is 38.1 Å². The average molecular weight is 197 g/mol. The van der Waals surface area contributed by atoms with Crippen LogP contribution in [0.25, 0.3) is 0 Å². The third kappa shape index (κ3) is 3.50. The Labute approximate surface area is 85.4 Å². The lowest BCUT2D eigenvalue weighted by Gasteiger charge is -2.20. The molecule has 0 aromatic heterocycles. The molecule has 1 fully saturated rings. The molecule has 1 aliphatic carbocycles. The topological polar surface area (TPSA) is 40.5 Å². The summed E-state index contributed by atoms with van der Waals surface area (Å²) in [5.74, 6) is 0.209. The molecular weight excluding hydrogens is 178 g/mol. The van der Waals surface area contributed by atoms with Crippen LogP contribution in [0.3, 0.4) is 0 Å². The molecule has 0 spiro atoms. The molecule has 0 radical (unpaired) electrons. The Kier molecular flexibility index (Phi) is 4.66.